The van der Waals surface area contributed by atoms with Crippen LogP contribution in [0, 0.1) is 6.92 Å². The largest absolute Gasteiger partial charge is 0.508 e. The highest BCUT2D eigenvalue weighted by Gasteiger charge is 1.98. The second-order valence-electron chi connectivity index (χ2n) is 2.03. The number of rotatable bonds is 1. The average Bonchev–Trinajstić information content (AvgIpc) is 1.94. The predicted molar refractivity (Wildman–Crippen MR) is 39.3 cm³/mol. The van der Waals surface area contributed by atoms with Gasteiger partial charge in [-0.05, 0) is 18.6 Å². The van der Waals surface area contributed by atoms with Gasteiger partial charge in [-0.15, -0.1) is 0 Å². The molecule has 0 spiro atoms. The van der Waals surface area contributed by atoms with Gasteiger partial charge in [-0.3, -0.25) is 0 Å². The number of hydrogen-bond acceptors (Lipinski definition) is 2. The molecule has 0 aliphatic rings. The summed E-state index contributed by atoms with van der Waals surface area (Å²) in [5.41, 5.74) is 0.896. The van der Waals surface area contributed by atoms with Crippen LogP contribution in [-0.2, 0) is 0 Å². The fourth-order valence-electron chi connectivity index (χ4n) is 0.672. The molecule has 0 saturated carbocycles. The number of phenolic OH excluding ortho intramolecular Hbond substituents is 1. The lowest BCUT2D eigenvalue weighted by Gasteiger charge is -1.99. The van der Waals surface area contributed by atoms with E-state index in [4.69, 9.17) is 17.0 Å². The van der Waals surface area contributed by atoms with E-state index in [1.54, 1.807) is 12.1 Å². The SMILES string of the molecule is Cc1ccc(O)cc1OCl. The Labute approximate surface area is 64.2 Å². The second-order valence-corrected chi connectivity index (χ2v) is 2.18. The van der Waals surface area contributed by atoms with E-state index in [0.29, 0.717) is 5.75 Å². The Kier molecular flexibility index (Phi) is 2.02. The van der Waals surface area contributed by atoms with E-state index in [-0.39, 0.29) is 5.75 Å². The van der Waals surface area contributed by atoms with Crippen molar-refractivity contribution < 1.29 is 9.40 Å². The molecule has 0 amide bonds. The quantitative estimate of drug-likeness (QED) is 0.679. The minimum Gasteiger partial charge on any atom is -0.508 e. The second kappa shape index (κ2) is 2.80. The molecule has 0 atom stereocenters. The normalized spacial score (nSPS) is 9.40. The number of aryl methyl sites for hydroxylation is 1. The lowest BCUT2D eigenvalue weighted by atomic mass is 10.2. The third kappa shape index (κ3) is 1.33. The van der Waals surface area contributed by atoms with Gasteiger partial charge in [0.15, 0.2) is 5.75 Å². The van der Waals surface area contributed by atoms with Crippen LogP contribution in [0.5, 0.6) is 11.5 Å². The fraction of sp³-hybridized carbons (Fsp3) is 0.143. The Morgan fingerprint density at radius 2 is 2.20 bits per heavy atom. The highest BCUT2D eigenvalue weighted by atomic mass is 35.5. The Balaban J connectivity index is 3.09. The summed E-state index contributed by atoms with van der Waals surface area (Å²) in [6, 6.07) is 4.77. The monoisotopic (exact) mass is 158 g/mol. The van der Waals surface area contributed by atoms with Gasteiger partial charge in [-0.1, -0.05) is 6.07 Å². The average molecular weight is 159 g/mol. The van der Waals surface area contributed by atoms with Crippen LogP contribution in [0.25, 0.3) is 0 Å². The van der Waals surface area contributed by atoms with E-state index in [9.17, 15) is 0 Å². The van der Waals surface area contributed by atoms with Crippen molar-refractivity contribution in [2.24, 2.45) is 0 Å². The van der Waals surface area contributed by atoms with E-state index in [1.807, 2.05) is 6.92 Å². The molecule has 1 aromatic carbocycles. The van der Waals surface area contributed by atoms with Gasteiger partial charge in [-0.2, -0.15) is 0 Å². The smallest absolute Gasteiger partial charge is 0.152 e. The molecule has 2 nitrogen and oxygen atoms in total. The van der Waals surface area contributed by atoms with Gasteiger partial charge in [0, 0.05) is 6.07 Å². The molecule has 0 heterocycles. The minimum absolute atomic E-state index is 0.154. The van der Waals surface area contributed by atoms with Gasteiger partial charge in [0.1, 0.15) is 17.6 Å². The van der Waals surface area contributed by atoms with E-state index < -0.39 is 0 Å². The molecule has 0 bridgehead atoms. The van der Waals surface area contributed by atoms with Crippen LogP contribution in [0.2, 0.25) is 0 Å². The van der Waals surface area contributed by atoms with Gasteiger partial charge >= 0.3 is 0 Å². The Morgan fingerprint density at radius 1 is 1.50 bits per heavy atom. The first-order valence-corrected chi connectivity index (χ1v) is 3.13. The van der Waals surface area contributed by atoms with Crippen LogP contribution >= 0.6 is 11.9 Å². The molecule has 0 fully saturated rings. The van der Waals surface area contributed by atoms with Crippen molar-refractivity contribution in [1.29, 1.82) is 0 Å². The van der Waals surface area contributed by atoms with Gasteiger partial charge in [0.25, 0.3) is 0 Å². The molecule has 0 saturated heterocycles. The molecule has 0 unspecified atom stereocenters. The van der Waals surface area contributed by atoms with Crippen LogP contribution in [0.15, 0.2) is 18.2 Å². The standard InChI is InChI=1S/C7H7ClO2/c1-5-2-3-6(9)4-7(5)10-8/h2-4,9H,1H3. The zero-order valence-corrected chi connectivity index (χ0v) is 6.22. The van der Waals surface area contributed by atoms with Crippen LogP contribution in [0.1, 0.15) is 5.56 Å². The van der Waals surface area contributed by atoms with Crippen molar-refractivity contribution in [3.63, 3.8) is 0 Å². The topological polar surface area (TPSA) is 29.5 Å². The van der Waals surface area contributed by atoms with E-state index in [1.165, 1.54) is 6.07 Å². The number of phenols is 1. The number of benzene rings is 1. The van der Waals surface area contributed by atoms with Crippen LogP contribution < -0.4 is 4.29 Å². The Hall–Kier alpha value is -0.890. The van der Waals surface area contributed by atoms with E-state index >= 15 is 0 Å². The molecule has 3 heteroatoms. The number of hydrogen-bond donors (Lipinski definition) is 1. The predicted octanol–water partition coefficient (Wildman–Crippen LogP) is 2.23. The molecule has 0 radical (unpaired) electrons. The summed E-state index contributed by atoms with van der Waals surface area (Å²) >= 11 is 5.09. The van der Waals surface area contributed by atoms with Crippen molar-refractivity contribution in [3.05, 3.63) is 23.8 Å². The summed E-state index contributed by atoms with van der Waals surface area (Å²) < 4.78 is 4.44. The maximum atomic E-state index is 8.93. The lowest BCUT2D eigenvalue weighted by molar-refractivity contribution is 0.471. The molecular weight excluding hydrogens is 152 g/mol. The summed E-state index contributed by atoms with van der Waals surface area (Å²) in [7, 11) is 0. The molecule has 1 rings (SSSR count). The van der Waals surface area contributed by atoms with Crippen molar-refractivity contribution in [2.45, 2.75) is 6.92 Å². The van der Waals surface area contributed by atoms with Crippen LogP contribution in [0.3, 0.4) is 0 Å². The number of halogens is 1. The van der Waals surface area contributed by atoms with Gasteiger partial charge in [0.05, 0.1) is 0 Å². The van der Waals surface area contributed by atoms with Crippen LogP contribution in [-0.4, -0.2) is 5.11 Å². The van der Waals surface area contributed by atoms with E-state index in [0.717, 1.165) is 5.56 Å². The molecule has 0 aromatic heterocycles. The highest BCUT2D eigenvalue weighted by Crippen LogP contribution is 2.23. The third-order valence-corrected chi connectivity index (χ3v) is 1.42. The maximum Gasteiger partial charge on any atom is 0.152 e. The molecule has 0 aliphatic heterocycles. The zero-order valence-electron chi connectivity index (χ0n) is 5.47. The maximum absolute atomic E-state index is 8.93. The molecule has 54 valence electrons. The summed E-state index contributed by atoms with van der Waals surface area (Å²) in [6.45, 7) is 1.84. The summed E-state index contributed by atoms with van der Waals surface area (Å²) in [6.07, 6.45) is 0. The van der Waals surface area contributed by atoms with Crippen LogP contribution in [0.4, 0.5) is 0 Å². The molecule has 0 aliphatic carbocycles. The summed E-state index contributed by atoms with van der Waals surface area (Å²) in [4.78, 5) is 0. The molecule has 1 N–H and O–H groups in total. The summed E-state index contributed by atoms with van der Waals surface area (Å²) in [5, 5.41) is 8.93. The van der Waals surface area contributed by atoms with Crippen molar-refractivity contribution >= 4 is 11.9 Å². The minimum atomic E-state index is 0.154. The molecule has 10 heavy (non-hydrogen) atoms. The Morgan fingerprint density at radius 3 is 2.70 bits per heavy atom. The van der Waals surface area contributed by atoms with E-state index in [2.05, 4.69) is 4.29 Å². The van der Waals surface area contributed by atoms with Gasteiger partial charge < -0.3 is 9.40 Å². The first-order chi connectivity index (χ1) is 4.74. The third-order valence-electron chi connectivity index (χ3n) is 1.25. The Bertz CT molecular complexity index is 235. The molecule has 1 aromatic rings. The first kappa shape index (κ1) is 7.22. The molecular formula is C7H7ClO2. The fourth-order valence-corrected chi connectivity index (χ4v) is 0.838. The number of aromatic hydroxyl groups is 1. The first-order valence-electron chi connectivity index (χ1n) is 2.82. The highest BCUT2D eigenvalue weighted by molar-refractivity contribution is 6.09. The van der Waals surface area contributed by atoms with Gasteiger partial charge in [0.2, 0.25) is 0 Å². The van der Waals surface area contributed by atoms with Gasteiger partial charge in [-0.25, -0.2) is 0 Å². The lowest BCUT2D eigenvalue weighted by Crippen LogP contribution is -1.79. The van der Waals surface area contributed by atoms with Crippen molar-refractivity contribution in [3.8, 4) is 11.5 Å². The summed E-state index contributed by atoms with van der Waals surface area (Å²) in [5.74, 6) is 0.642. The van der Waals surface area contributed by atoms with Crippen molar-refractivity contribution in [1.82, 2.24) is 0 Å². The van der Waals surface area contributed by atoms with Crippen molar-refractivity contribution in [2.75, 3.05) is 0 Å². The zero-order chi connectivity index (χ0) is 7.56.